The molecule has 0 saturated carbocycles. The van der Waals surface area contributed by atoms with E-state index in [4.69, 9.17) is 9.84 Å². The van der Waals surface area contributed by atoms with Gasteiger partial charge in [0.2, 0.25) is 0 Å². The molecule has 1 saturated heterocycles. The van der Waals surface area contributed by atoms with Crippen LogP contribution in [0.25, 0.3) is 0 Å². The molecule has 2 aliphatic heterocycles. The van der Waals surface area contributed by atoms with Crippen LogP contribution < -0.4 is 5.32 Å². The SMILES string of the molecule is CC1=CN([C@@H]2CC(O)[C@H](CO)O2)C(=O)NC1. The molecule has 1 unspecified atom stereocenters. The molecule has 0 aliphatic carbocycles. The third-order valence-electron chi connectivity index (χ3n) is 2.81. The zero-order chi connectivity index (χ0) is 11.7. The number of ether oxygens (including phenoxy) is 1. The Morgan fingerprint density at radius 3 is 3.06 bits per heavy atom. The summed E-state index contributed by atoms with van der Waals surface area (Å²) in [5.41, 5.74) is 1.02. The summed E-state index contributed by atoms with van der Waals surface area (Å²) in [4.78, 5) is 13.0. The molecule has 3 N–H and O–H groups in total. The maximum atomic E-state index is 11.6. The Bertz CT molecular complexity index is 318. The van der Waals surface area contributed by atoms with Crippen molar-refractivity contribution in [2.75, 3.05) is 13.2 Å². The summed E-state index contributed by atoms with van der Waals surface area (Å²) in [6, 6.07) is -0.235. The summed E-state index contributed by atoms with van der Waals surface area (Å²) >= 11 is 0. The first-order chi connectivity index (χ1) is 7.61. The molecule has 2 rings (SSSR count). The average molecular weight is 228 g/mol. The lowest BCUT2D eigenvalue weighted by atomic mass is 10.2. The van der Waals surface area contributed by atoms with E-state index in [1.807, 2.05) is 6.92 Å². The summed E-state index contributed by atoms with van der Waals surface area (Å²) < 4.78 is 5.40. The van der Waals surface area contributed by atoms with Crippen molar-refractivity contribution in [2.45, 2.75) is 31.8 Å². The van der Waals surface area contributed by atoms with Crippen molar-refractivity contribution >= 4 is 6.03 Å². The molecule has 3 atom stereocenters. The van der Waals surface area contributed by atoms with Crippen molar-refractivity contribution in [2.24, 2.45) is 0 Å². The van der Waals surface area contributed by atoms with Crippen LogP contribution >= 0.6 is 0 Å². The minimum atomic E-state index is -0.724. The number of urea groups is 1. The van der Waals surface area contributed by atoms with Crippen LogP contribution in [0.1, 0.15) is 13.3 Å². The summed E-state index contributed by atoms with van der Waals surface area (Å²) in [7, 11) is 0. The molecular formula is C10H16N2O4. The van der Waals surface area contributed by atoms with Gasteiger partial charge in [-0.3, -0.25) is 4.90 Å². The fourth-order valence-electron chi connectivity index (χ4n) is 1.91. The predicted octanol–water partition coefficient (Wildman–Crippen LogP) is -0.616. The third kappa shape index (κ3) is 2.04. The maximum Gasteiger partial charge on any atom is 0.323 e. The molecule has 6 heteroatoms. The zero-order valence-corrected chi connectivity index (χ0v) is 9.09. The first-order valence-electron chi connectivity index (χ1n) is 5.29. The number of nitrogens with one attached hydrogen (secondary N) is 1. The zero-order valence-electron chi connectivity index (χ0n) is 9.09. The van der Waals surface area contributed by atoms with Crippen LogP contribution in [0.4, 0.5) is 4.79 Å². The smallest absolute Gasteiger partial charge is 0.323 e. The Morgan fingerprint density at radius 2 is 2.44 bits per heavy atom. The standard InChI is InChI=1S/C10H16N2O4/c1-6-3-11-10(15)12(4-6)9-2-7(14)8(5-13)16-9/h4,7-9,13-14H,2-3,5H2,1H3,(H,11,15)/t7?,8-,9-/m0/s1. The molecule has 0 bridgehead atoms. The third-order valence-corrected chi connectivity index (χ3v) is 2.81. The lowest BCUT2D eigenvalue weighted by Gasteiger charge is -2.29. The average Bonchev–Trinajstić information content (AvgIpc) is 2.63. The molecular weight excluding hydrogens is 212 g/mol. The van der Waals surface area contributed by atoms with Gasteiger partial charge in [-0.05, 0) is 12.5 Å². The summed E-state index contributed by atoms with van der Waals surface area (Å²) in [5, 5.41) is 21.2. The highest BCUT2D eigenvalue weighted by atomic mass is 16.5. The minimum Gasteiger partial charge on any atom is -0.394 e. The molecule has 16 heavy (non-hydrogen) atoms. The van der Waals surface area contributed by atoms with E-state index in [0.717, 1.165) is 5.57 Å². The van der Waals surface area contributed by atoms with Crippen molar-refractivity contribution in [3.8, 4) is 0 Å². The van der Waals surface area contributed by atoms with E-state index in [2.05, 4.69) is 5.32 Å². The van der Waals surface area contributed by atoms with Crippen LogP contribution in [0, 0.1) is 0 Å². The number of hydrogen-bond donors (Lipinski definition) is 3. The van der Waals surface area contributed by atoms with E-state index in [9.17, 15) is 9.90 Å². The molecule has 0 radical (unpaired) electrons. The second kappa shape index (κ2) is 4.40. The Kier molecular flexibility index (Phi) is 3.13. The summed E-state index contributed by atoms with van der Waals surface area (Å²) in [5.74, 6) is 0. The fraction of sp³-hybridized carbons (Fsp3) is 0.700. The largest absolute Gasteiger partial charge is 0.394 e. The normalized spacial score (nSPS) is 34.9. The van der Waals surface area contributed by atoms with Crippen LogP contribution in [-0.4, -0.2) is 52.7 Å². The van der Waals surface area contributed by atoms with E-state index in [1.54, 1.807) is 6.20 Å². The van der Waals surface area contributed by atoms with Crippen LogP contribution in [0.15, 0.2) is 11.8 Å². The van der Waals surface area contributed by atoms with Gasteiger partial charge in [0, 0.05) is 19.2 Å². The van der Waals surface area contributed by atoms with Crippen molar-refractivity contribution in [3.05, 3.63) is 11.8 Å². The van der Waals surface area contributed by atoms with E-state index >= 15 is 0 Å². The highest BCUT2D eigenvalue weighted by Gasteiger charge is 2.38. The molecule has 0 aromatic heterocycles. The van der Waals surface area contributed by atoms with Crippen LogP contribution in [0.3, 0.4) is 0 Å². The van der Waals surface area contributed by atoms with Crippen molar-refractivity contribution < 1.29 is 19.7 Å². The van der Waals surface area contributed by atoms with Crippen molar-refractivity contribution in [1.82, 2.24) is 10.2 Å². The molecule has 0 aromatic rings. The Labute approximate surface area is 93.5 Å². The van der Waals surface area contributed by atoms with Gasteiger partial charge >= 0.3 is 6.03 Å². The molecule has 6 nitrogen and oxygen atoms in total. The number of aliphatic hydroxyl groups is 2. The van der Waals surface area contributed by atoms with E-state index in [0.29, 0.717) is 13.0 Å². The Hall–Kier alpha value is -1.11. The molecule has 2 aliphatic rings. The number of aliphatic hydroxyl groups excluding tert-OH is 2. The highest BCUT2D eigenvalue weighted by molar-refractivity contribution is 5.77. The van der Waals surface area contributed by atoms with Gasteiger partial charge in [-0.25, -0.2) is 4.79 Å². The number of amides is 2. The van der Waals surface area contributed by atoms with Crippen LogP contribution in [0.5, 0.6) is 0 Å². The quantitative estimate of drug-likeness (QED) is 0.588. The molecule has 90 valence electrons. The molecule has 1 fully saturated rings. The number of carbonyl (C=O) groups excluding carboxylic acids is 1. The monoisotopic (exact) mass is 228 g/mol. The fourth-order valence-corrected chi connectivity index (χ4v) is 1.91. The second-order valence-corrected chi connectivity index (χ2v) is 4.16. The van der Waals surface area contributed by atoms with Gasteiger partial charge < -0.3 is 20.3 Å². The molecule has 0 aromatic carbocycles. The number of nitrogens with zero attached hydrogens (tertiary/aromatic N) is 1. The lowest BCUT2D eigenvalue weighted by Crippen LogP contribution is -2.46. The van der Waals surface area contributed by atoms with Gasteiger partial charge in [-0.15, -0.1) is 0 Å². The highest BCUT2D eigenvalue weighted by Crippen LogP contribution is 2.24. The lowest BCUT2D eigenvalue weighted by molar-refractivity contribution is -0.0540. The van der Waals surface area contributed by atoms with Gasteiger partial charge in [-0.2, -0.15) is 0 Å². The predicted molar refractivity (Wildman–Crippen MR) is 55.4 cm³/mol. The van der Waals surface area contributed by atoms with E-state index in [1.165, 1.54) is 4.90 Å². The first-order valence-corrected chi connectivity index (χ1v) is 5.29. The molecule has 2 amide bonds. The van der Waals surface area contributed by atoms with E-state index in [-0.39, 0.29) is 12.6 Å². The van der Waals surface area contributed by atoms with Gasteiger partial charge in [-0.1, -0.05) is 0 Å². The van der Waals surface area contributed by atoms with Gasteiger partial charge in [0.05, 0.1) is 12.7 Å². The van der Waals surface area contributed by atoms with Crippen LogP contribution in [-0.2, 0) is 4.74 Å². The molecule has 0 spiro atoms. The van der Waals surface area contributed by atoms with Crippen LogP contribution in [0.2, 0.25) is 0 Å². The second-order valence-electron chi connectivity index (χ2n) is 4.16. The van der Waals surface area contributed by atoms with Gasteiger partial charge in [0.1, 0.15) is 12.3 Å². The van der Waals surface area contributed by atoms with Gasteiger partial charge in [0.25, 0.3) is 0 Å². The number of rotatable bonds is 2. The number of hydrogen-bond acceptors (Lipinski definition) is 4. The Morgan fingerprint density at radius 1 is 1.69 bits per heavy atom. The number of carbonyl (C=O) groups is 1. The topological polar surface area (TPSA) is 82.0 Å². The summed E-state index contributed by atoms with van der Waals surface area (Å²) in [6.07, 6.45) is 0.215. The van der Waals surface area contributed by atoms with Crippen molar-refractivity contribution in [3.63, 3.8) is 0 Å². The van der Waals surface area contributed by atoms with Gasteiger partial charge in [0.15, 0.2) is 0 Å². The minimum absolute atomic E-state index is 0.235. The Balaban J connectivity index is 2.08. The van der Waals surface area contributed by atoms with Crippen molar-refractivity contribution in [1.29, 1.82) is 0 Å². The first kappa shape index (κ1) is 11.4. The van der Waals surface area contributed by atoms with E-state index < -0.39 is 18.4 Å². The summed E-state index contributed by atoms with van der Waals surface area (Å²) in [6.45, 7) is 2.20. The molecule has 2 heterocycles. The maximum absolute atomic E-state index is 11.6.